The molecule has 0 bridgehead atoms. The van der Waals surface area contributed by atoms with Crippen molar-refractivity contribution in [1.29, 1.82) is 0 Å². The maximum Gasteiger partial charge on any atom is 0.226 e. The van der Waals surface area contributed by atoms with Crippen LogP contribution in [0.1, 0.15) is 19.8 Å². The van der Waals surface area contributed by atoms with Crippen LogP contribution in [-0.4, -0.2) is 33.4 Å². The fourth-order valence-corrected chi connectivity index (χ4v) is 2.29. The summed E-state index contributed by atoms with van der Waals surface area (Å²) in [4.78, 5) is 15.9. The first-order valence-corrected chi connectivity index (χ1v) is 8.27. The van der Waals surface area contributed by atoms with E-state index >= 15 is 0 Å². The molecule has 2 rings (SSSR count). The van der Waals surface area contributed by atoms with E-state index in [9.17, 15) is 4.79 Å². The molecular formula is C14H17ClN4O2S. The number of halogens is 1. The fourth-order valence-electron chi connectivity index (χ4n) is 1.64. The van der Waals surface area contributed by atoms with E-state index in [0.717, 1.165) is 11.5 Å². The predicted molar refractivity (Wildman–Crippen MR) is 87.6 cm³/mol. The Balaban J connectivity index is 1.65. The fraction of sp³-hybridized carbons (Fsp3) is 0.357. The van der Waals surface area contributed by atoms with E-state index in [1.54, 1.807) is 24.3 Å². The van der Waals surface area contributed by atoms with Gasteiger partial charge in [-0.1, -0.05) is 30.3 Å². The lowest BCUT2D eigenvalue weighted by molar-refractivity contribution is -0.116. The highest BCUT2D eigenvalue weighted by molar-refractivity contribution is 7.99. The van der Waals surface area contributed by atoms with Gasteiger partial charge in [-0.2, -0.15) is 4.98 Å². The first-order valence-electron chi connectivity index (χ1n) is 6.91. The van der Waals surface area contributed by atoms with Crippen molar-refractivity contribution in [3.05, 3.63) is 29.3 Å². The van der Waals surface area contributed by atoms with E-state index in [4.69, 9.17) is 16.3 Å². The van der Waals surface area contributed by atoms with E-state index < -0.39 is 0 Å². The second kappa shape index (κ2) is 8.65. The summed E-state index contributed by atoms with van der Waals surface area (Å²) in [7, 11) is 0. The molecule has 0 aliphatic rings. The molecule has 6 nitrogen and oxygen atoms in total. The predicted octanol–water partition coefficient (Wildman–Crippen LogP) is 3.37. The first-order chi connectivity index (χ1) is 10.7. The highest BCUT2D eigenvalue weighted by atomic mass is 35.5. The van der Waals surface area contributed by atoms with Crippen LogP contribution in [0.5, 0.6) is 5.75 Å². The van der Waals surface area contributed by atoms with Crippen molar-refractivity contribution < 1.29 is 9.53 Å². The minimum absolute atomic E-state index is 0.121. The summed E-state index contributed by atoms with van der Waals surface area (Å²) in [5, 5.41) is 10.6. The minimum Gasteiger partial charge on any atom is -0.494 e. The summed E-state index contributed by atoms with van der Waals surface area (Å²) in [6, 6.07) is 7.12. The zero-order valence-electron chi connectivity index (χ0n) is 12.1. The van der Waals surface area contributed by atoms with Crippen molar-refractivity contribution in [3.63, 3.8) is 0 Å². The summed E-state index contributed by atoms with van der Waals surface area (Å²) < 4.78 is 5.52. The molecular weight excluding hydrogens is 324 g/mol. The number of aromatic nitrogens is 3. The monoisotopic (exact) mass is 340 g/mol. The van der Waals surface area contributed by atoms with Gasteiger partial charge in [0.1, 0.15) is 5.75 Å². The number of ether oxygens (including phenoxy) is 1. The average Bonchev–Trinajstić information content (AvgIpc) is 2.93. The summed E-state index contributed by atoms with van der Waals surface area (Å²) in [6.07, 6.45) is 0.962. The van der Waals surface area contributed by atoms with Gasteiger partial charge in [-0.25, -0.2) is 5.10 Å². The van der Waals surface area contributed by atoms with E-state index in [-0.39, 0.29) is 5.91 Å². The Morgan fingerprint density at radius 1 is 1.41 bits per heavy atom. The number of nitrogens with one attached hydrogen (secondary N) is 2. The molecule has 0 saturated carbocycles. The number of thioether (sulfide) groups is 1. The van der Waals surface area contributed by atoms with Crippen molar-refractivity contribution in [3.8, 4) is 5.75 Å². The lowest BCUT2D eigenvalue weighted by atomic mass is 10.3. The summed E-state index contributed by atoms with van der Waals surface area (Å²) in [5.41, 5.74) is 0. The van der Waals surface area contributed by atoms with Crippen LogP contribution in [0.15, 0.2) is 29.4 Å². The van der Waals surface area contributed by atoms with Gasteiger partial charge in [-0.3, -0.25) is 10.1 Å². The number of amides is 1. The van der Waals surface area contributed by atoms with Crippen LogP contribution < -0.4 is 10.1 Å². The zero-order chi connectivity index (χ0) is 15.8. The zero-order valence-corrected chi connectivity index (χ0v) is 13.7. The van der Waals surface area contributed by atoms with Crippen LogP contribution in [0.25, 0.3) is 0 Å². The highest BCUT2D eigenvalue weighted by Gasteiger charge is 2.07. The average molecular weight is 341 g/mol. The van der Waals surface area contributed by atoms with Gasteiger partial charge in [0, 0.05) is 11.4 Å². The number of rotatable bonds is 8. The van der Waals surface area contributed by atoms with Crippen molar-refractivity contribution in [2.45, 2.75) is 24.9 Å². The normalized spacial score (nSPS) is 10.5. The third-order valence-corrected chi connectivity index (χ3v) is 3.61. The topological polar surface area (TPSA) is 79.9 Å². The molecule has 0 saturated heterocycles. The number of benzene rings is 1. The van der Waals surface area contributed by atoms with Gasteiger partial charge in [0.25, 0.3) is 0 Å². The number of H-pyrrole nitrogens is 1. The molecule has 1 aromatic carbocycles. The van der Waals surface area contributed by atoms with Crippen molar-refractivity contribution in [2.24, 2.45) is 0 Å². The van der Waals surface area contributed by atoms with Crippen LogP contribution in [0, 0.1) is 0 Å². The second-order valence-corrected chi connectivity index (χ2v) is 6.02. The van der Waals surface area contributed by atoms with E-state index in [1.165, 1.54) is 11.8 Å². The third kappa shape index (κ3) is 5.57. The Kier molecular flexibility index (Phi) is 6.54. The molecule has 0 radical (unpaired) electrons. The van der Waals surface area contributed by atoms with Gasteiger partial charge in [-0.15, -0.1) is 5.10 Å². The summed E-state index contributed by atoms with van der Waals surface area (Å²) in [5.74, 6) is 1.87. The maximum absolute atomic E-state index is 11.8. The Labute approximate surface area is 138 Å². The second-order valence-electron chi connectivity index (χ2n) is 4.35. The van der Waals surface area contributed by atoms with E-state index in [0.29, 0.717) is 35.6 Å². The lowest BCUT2D eigenvalue weighted by Gasteiger charge is -2.05. The van der Waals surface area contributed by atoms with Gasteiger partial charge >= 0.3 is 0 Å². The molecule has 1 aromatic heterocycles. The quantitative estimate of drug-likeness (QED) is 0.569. The number of anilines is 1. The molecule has 0 unspecified atom stereocenters. The molecule has 22 heavy (non-hydrogen) atoms. The molecule has 2 N–H and O–H groups in total. The Hall–Kier alpha value is -1.73. The van der Waals surface area contributed by atoms with Crippen LogP contribution in [0.2, 0.25) is 5.02 Å². The number of nitrogens with zero attached hydrogens (tertiary/aromatic N) is 2. The van der Waals surface area contributed by atoms with Crippen LogP contribution in [0.3, 0.4) is 0 Å². The number of hydrogen-bond donors (Lipinski definition) is 2. The van der Waals surface area contributed by atoms with Crippen LogP contribution >= 0.6 is 23.4 Å². The number of aromatic amines is 1. The summed E-state index contributed by atoms with van der Waals surface area (Å²) >= 11 is 7.30. The van der Waals surface area contributed by atoms with Crippen molar-refractivity contribution in [2.75, 3.05) is 17.7 Å². The molecule has 0 aliphatic heterocycles. The third-order valence-electron chi connectivity index (χ3n) is 2.63. The number of hydrogen-bond acceptors (Lipinski definition) is 5. The van der Waals surface area contributed by atoms with Gasteiger partial charge in [0.05, 0.1) is 6.61 Å². The molecule has 0 atom stereocenters. The van der Waals surface area contributed by atoms with Gasteiger partial charge in [-0.05, 0) is 36.4 Å². The van der Waals surface area contributed by atoms with Gasteiger partial charge in [0.2, 0.25) is 17.0 Å². The van der Waals surface area contributed by atoms with Crippen LogP contribution in [0.4, 0.5) is 5.95 Å². The number of carbonyl (C=O) groups is 1. The molecule has 1 amide bonds. The molecule has 0 fully saturated rings. The van der Waals surface area contributed by atoms with E-state index in [2.05, 4.69) is 20.5 Å². The van der Waals surface area contributed by atoms with Crippen LogP contribution in [-0.2, 0) is 4.79 Å². The largest absolute Gasteiger partial charge is 0.494 e. The summed E-state index contributed by atoms with van der Waals surface area (Å²) in [6.45, 7) is 2.47. The minimum atomic E-state index is -0.121. The Morgan fingerprint density at radius 2 is 2.18 bits per heavy atom. The highest BCUT2D eigenvalue weighted by Crippen LogP contribution is 2.16. The molecule has 118 valence electrons. The lowest BCUT2D eigenvalue weighted by Crippen LogP contribution is -2.13. The molecule has 0 aliphatic carbocycles. The Morgan fingerprint density at radius 3 is 2.91 bits per heavy atom. The van der Waals surface area contributed by atoms with Crippen molar-refractivity contribution >= 4 is 35.2 Å². The SMILES string of the molecule is CCSc1n[nH]c(NC(=O)CCCOc2ccc(Cl)cc2)n1. The number of carbonyl (C=O) groups excluding carboxylic acids is 1. The van der Waals surface area contributed by atoms with Gasteiger partial charge in [0.15, 0.2) is 0 Å². The maximum atomic E-state index is 11.8. The first kappa shape index (κ1) is 16.6. The molecule has 8 heteroatoms. The molecule has 2 aromatic rings. The van der Waals surface area contributed by atoms with Gasteiger partial charge < -0.3 is 4.74 Å². The molecule has 0 spiro atoms. The molecule has 1 heterocycles. The smallest absolute Gasteiger partial charge is 0.226 e. The Bertz CT molecular complexity index is 603. The van der Waals surface area contributed by atoms with Crippen molar-refractivity contribution in [1.82, 2.24) is 15.2 Å². The van der Waals surface area contributed by atoms with E-state index in [1.807, 2.05) is 6.92 Å². The standard InChI is InChI=1S/C14H17ClN4O2S/c1-2-22-14-17-13(18-19-14)16-12(20)4-3-9-21-11-7-5-10(15)6-8-11/h5-8H,2-4,9H2,1H3,(H2,16,17,18,19,20).